The molecule has 2 heterocycles. The van der Waals surface area contributed by atoms with Crippen LogP contribution in [0.1, 0.15) is 11.3 Å². The number of rotatable bonds is 4. The number of pyridine rings is 1. The smallest absolute Gasteiger partial charge is 0.262 e. The summed E-state index contributed by atoms with van der Waals surface area (Å²) in [5, 5.41) is 12.9. The van der Waals surface area contributed by atoms with Crippen LogP contribution in [0.25, 0.3) is 17.0 Å². The summed E-state index contributed by atoms with van der Waals surface area (Å²) < 4.78 is 0. The Morgan fingerprint density at radius 3 is 2.87 bits per heavy atom. The average Bonchev–Trinajstić information content (AvgIpc) is 3.01. The number of hydrogen-bond donors (Lipinski definition) is 2. The molecule has 5 nitrogen and oxygen atoms in total. The molecule has 0 aliphatic carbocycles. The molecule has 0 bridgehead atoms. The van der Waals surface area contributed by atoms with Gasteiger partial charge in [-0.05, 0) is 24.3 Å². The third-order valence-electron chi connectivity index (χ3n) is 3.44. The van der Waals surface area contributed by atoms with Crippen molar-refractivity contribution in [1.82, 2.24) is 15.3 Å². The minimum absolute atomic E-state index is 0.0608. The number of benzene rings is 1. The maximum atomic E-state index is 12.2. The number of nitriles is 1. The van der Waals surface area contributed by atoms with E-state index in [1.54, 1.807) is 18.5 Å². The second-order valence-corrected chi connectivity index (χ2v) is 4.96. The fourth-order valence-corrected chi connectivity index (χ4v) is 2.29. The molecule has 0 radical (unpaired) electrons. The van der Waals surface area contributed by atoms with Gasteiger partial charge in [0.1, 0.15) is 11.6 Å². The topological polar surface area (TPSA) is 81.6 Å². The number of fused-ring (bicyclic) bond motifs is 1. The van der Waals surface area contributed by atoms with E-state index in [-0.39, 0.29) is 12.1 Å². The van der Waals surface area contributed by atoms with Gasteiger partial charge in [0.25, 0.3) is 5.91 Å². The Kier molecular flexibility index (Phi) is 4.16. The maximum absolute atomic E-state index is 12.2. The molecule has 2 aromatic heterocycles. The number of nitrogens with zero attached hydrogens (tertiary/aromatic N) is 2. The highest BCUT2D eigenvalue weighted by atomic mass is 16.1. The molecule has 0 spiro atoms. The van der Waals surface area contributed by atoms with Crippen LogP contribution in [0.4, 0.5) is 0 Å². The second-order valence-electron chi connectivity index (χ2n) is 4.96. The van der Waals surface area contributed by atoms with Crippen LogP contribution in [-0.2, 0) is 11.3 Å². The zero-order chi connectivity index (χ0) is 16.1. The molecule has 0 aliphatic rings. The van der Waals surface area contributed by atoms with E-state index in [2.05, 4.69) is 15.3 Å². The molecular formula is C18H14N4O. The number of hydrogen-bond acceptors (Lipinski definition) is 3. The first-order chi connectivity index (χ1) is 11.3. The first-order valence-electron chi connectivity index (χ1n) is 7.14. The number of nitrogens with one attached hydrogen (secondary N) is 2. The monoisotopic (exact) mass is 302 g/mol. The van der Waals surface area contributed by atoms with Gasteiger partial charge in [-0.2, -0.15) is 5.26 Å². The summed E-state index contributed by atoms with van der Waals surface area (Å²) in [6.07, 6.45) is 5.04. The van der Waals surface area contributed by atoms with Gasteiger partial charge in [0.2, 0.25) is 0 Å². The first kappa shape index (κ1) is 14.5. The maximum Gasteiger partial charge on any atom is 0.262 e. The quantitative estimate of drug-likeness (QED) is 0.574. The van der Waals surface area contributed by atoms with Crippen LogP contribution in [0.5, 0.6) is 0 Å². The van der Waals surface area contributed by atoms with E-state index in [0.29, 0.717) is 0 Å². The Balaban J connectivity index is 1.79. The van der Waals surface area contributed by atoms with Gasteiger partial charge in [0.15, 0.2) is 0 Å². The van der Waals surface area contributed by atoms with Gasteiger partial charge in [0.05, 0.1) is 12.2 Å². The second kappa shape index (κ2) is 6.58. The number of para-hydroxylation sites is 1. The number of H-pyrrole nitrogens is 1. The van der Waals surface area contributed by atoms with Crippen molar-refractivity contribution >= 4 is 22.9 Å². The summed E-state index contributed by atoms with van der Waals surface area (Å²) in [6.45, 7) is 0.284. The summed E-state index contributed by atoms with van der Waals surface area (Å²) in [5.41, 5.74) is 2.57. The molecule has 0 aliphatic heterocycles. The molecule has 23 heavy (non-hydrogen) atoms. The lowest BCUT2D eigenvalue weighted by Gasteiger charge is -2.03. The zero-order valence-corrected chi connectivity index (χ0v) is 12.3. The molecule has 0 atom stereocenters. The van der Waals surface area contributed by atoms with Crippen molar-refractivity contribution in [2.24, 2.45) is 0 Å². The number of amides is 1. The lowest BCUT2D eigenvalue weighted by atomic mass is 10.1. The summed E-state index contributed by atoms with van der Waals surface area (Å²) in [4.78, 5) is 19.4. The fourth-order valence-electron chi connectivity index (χ4n) is 2.29. The number of aromatic amines is 1. The Hall–Kier alpha value is -3.39. The van der Waals surface area contributed by atoms with E-state index in [0.717, 1.165) is 22.2 Å². The summed E-state index contributed by atoms with van der Waals surface area (Å²) in [7, 11) is 0. The van der Waals surface area contributed by atoms with Gasteiger partial charge in [-0.3, -0.25) is 9.78 Å². The fraction of sp³-hybridized carbons (Fsp3) is 0.0556. The van der Waals surface area contributed by atoms with Crippen molar-refractivity contribution in [3.63, 3.8) is 0 Å². The molecule has 0 saturated heterocycles. The highest BCUT2D eigenvalue weighted by Gasteiger charge is 2.10. The Bertz CT molecular complexity index is 903. The molecule has 3 rings (SSSR count). The molecule has 0 unspecified atom stereocenters. The van der Waals surface area contributed by atoms with Crippen molar-refractivity contribution in [3.05, 3.63) is 71.7 Å². The molecule has 2 N–H and O–H groups in total. The minimum Gasteiger partial charge on any atom is -0.361 e. The van der Waals surface area contributed by atoms with E-state index in [1.165, 1.54) is 0 Å². The first-order valence-corrected chi connectivity index (χ1v) is 7.14. The average molecular weight is 302 g/mol. The van der Waals surface area contributed by atoms with E-state index < -0.39 is 5.91 Å². The molecule has 0 fully saturated rings. The summed E-state index contributed by atoms with van der Waals surface area (Å²) in [5.74, 6) is -0.413. The van der Waals surface area contributed by atoms with E-state index in [9.17, 15) is 10.1 Å². The summed E-state index contributed by atoms with van der Waals surface area (Å²) in [6, 6.07) is 15.2. The largest absolute Gasteiger partial charge is 0.361 e. The van der Waals surface area contributed by atoms with Crippen molar-refractivity contribution in [1.29, 1.82) is 5.26 Å². The van der Waals surface area contributed by atoms with Crippen LogP contribution in [-0.4, -0.2) is 15.9 Å². The highest BCUT2D eigenvalue weighted by molar-refractivity contribution is 6.03. The van der Waals surface area contributed by atoms with Crippen LogP contribution < -0.4 is 5.32 Å². The van der Waals surface area contributed by atoms with E-state index in [1.807, 2.05) is 48.5 Å². The number of carbonyl (C=O) groups excluding carboxylic acids is 1. The molecule has 1 amide bonds. The SMILES string of the molecule is N#CC(=Cc1c[nH]c2ccccc12)C(=O)NCc1ccccn1. The van der Waals surface area contributed by atoms with Crippen molar-refractivity contribution in [2.75, 3.05) is 0 Å². The highest BCUT2D eigenvalue weighted by Crippen LogP contribution is 2.20. The Morgan fingerprint density at radius 1 is 1.26 bits per heavy atom. The van der Waals surface area contributed by atoms with Gasteiger partial charge in [-0.25, -0.2) is 0 Å². The van der Waals surface area contributed by atoms with Crippen LogP contribution in [0, 0.1) is 11.3 Å². The van der Waals surface area contributed by atoms with Crippen molar-refractivity contribution < 1.29 is 4.79 Å². The molecule has 0 saturated carbocycles. The van der Waals surface area contributed by atoms with E-state index >= 15 is 0 Å². The van der Waals surface area contributed by atoms with Gasteiger partial charge >= 0.3 is 0 Å². The number of carbonyl (C=O) groups is 1. The lowest BCUT2D eigenvalue weighted by molar-refractivity contribution is -0.117. The Labute approximate surface area is 133 Å². The molecule has 1 aromatic carbocycles. The third kappa shape index (κ3) is 3.27. The predicted molar refractivity (Wildman–Crippen MR) is 88.0 cm³/mol. The molecule has 112 valence electrons. The van der Waals surface area contributed by atoms with Crippen molar-refractivity contribution in [3.8, 4) is 6.07 Å². The predicted octanol–water partition coefficient (Wildman–Crippen LogP) is 2.79. The molecule has 3 aromatic rings. The van der Waals surface area contributed by atoms with E-state index in [4.69, 9.17) is 0 Å². The molecule has 5 heteroatoms. The Morgan fingerprint density at radius 2 is 2.09 bits per heavy atom. The van der Waals surface area contributed by atoms with Crippen LogP contribution in [0.3, 0.4) is 0 Å². The number of aromatic nitrogens is 2. The van der Waals surface area contributed by atoms with Gasteiger partial charge in [-0.15, -0.1) is 0 Å². The van der Waals surface area contributed by atoms with Crippen molar-refractivity contribution in [2.45, 2.75) is 6.54 Å². The lowest BCUT2D eigenvalue weighted by Crippen LogP contribution is -2.24. The van der Waals surface area contributed by atoms with Crippen LogP contribution in [0.15, 0.2) is 60.4 Å². The third-order valence-corrected chi connectivity index (χ3v) is 3.44. The van der Waals surface area contributed by atoms with Crippen LogP contribution >= 0.6 is 0 Å². The standard InChI is InChI=1S/C18H14N4O/c19-10-13(18(23)22-12-15-5-3-4-8-20-15)9-14-11-21-17-7-2-1-6-16(14)17/h1-9,11,21H,12H2,(H,22,23). The van der Waals surface area contributed by atoms with Gasteiger partial charge in [0, 0.05) is 28.9 Å². The minimum atomic E-state index is -0.413. The zero-order valence-electron chi connectivity index (χ0n) is 12.3. The summed E-state index contributed by atoms with van der Waals surface area (Å²) >= 11 is 0. The molecular weight excluding hydrogens is 288 g/mol. The normalized spacial score (nSPS) is 11.2. The van der Waals surface area contributed by atoms with Crippen LogP contribution in [0.2, 0.25) is 0 Å². The van der Waals surface area contributed by atoms with Gasteiger partial charge < -0.3 is 10.3 Å². The van der Waals surface area contributed by atoms with Gasteiger partial charge in [-0.1, -0.05) is 24.3 Å².